The van der Waals surface area contributed by atoms with Crippen LogP contribution in [0.15, 0.2) is 42.6 Å². The summed E-state index contributed by atoms with van der Waals surface area (Å²) in [6.07, 6.45) is 3.54. The maximum Gasteiger partial charge on any atom is 0.255 e. The van der Waals surface area contributed by atoms with E-state index >= 15 is 0 Å². The van der Waals surface area contributed by atoms with Crippen molar-refractivity contribution in [1.82, 2.24) is 9.88 Å². The fraction of sp³-hybridized carbons (Fsp3) is 0.368. The van der Waals surface area contributed by atoms with Gasteiger partial charge in [0.1, 0.15) is 5.82 Å². The first kappa shape index (κ1) is 18.3. The van der Waals surface area contributed by atoms with Crippen LogP contribution in [0.2, 0.25) is 5.02 Å². The van der Waals surface area contributed by atoms with E-state index in [9.17, 15) is 4.79 Å². The molecule has 2 rings (SSSR count). The Labute approximate surface area is 148 Å². The van der Waals surface area contributed by atoms with Gasteiger partial charge in [-0.2, -0.15) is 0 Å². The van der Waals surface area contributed by atoms with E-state index in [1.165, 1.54) is 0 Å². The van der Waals surface area contributed by atoms with E-state index in [-0.39, 0.29) is 5.91 Å². The van der Waals surface area contributed by atoms with Gasteiger partial charge in [-0.1, -0.05) is 43.6 Å². The summed E-state index contributed by atoms with van der Waals surface area (Å²) < 4.78 is 0. The molecule has 0 atom stereocenters. The number of amides is 1. The topological polar surface area (TPSA) is 45.2 Å². The van der Waals surface area contributed by atoms with Gasteiger partial charge in [0.2, 0.25) is 0 Å². The van der Waals surface area contributed by atoms with Crippen molar-refractivity contribution in [1.29, 1.82) is 0 Å². The number of pyridine rings is 1. The molecule has 1 heterocycles. The Kier molecular flexibility index (Phi) is 7.07. The second kappa shape index (κ2) is 9.28. The highest BCUT2D eigenvalue weighted by Gasteiger charge is 2.14. The summed E-state index contributed by atoms with van der Waals surface area (Å²) in [7, 11) is 0. The number of nitrogens with one attached hydrogen (secondary N) is 1. The Morgan fingerprint density at radius 3 is 2.42 bits per heavy atom. The van der Waals surface area contributed by atoms with Gasteiger partial charge >= 0.3 is 0 Å². The molecule has 0 unspecified atom stereocenters. The third-order valence-corrected chi connectivity index (χ3v) is 4.07. The monoisotopic (exact) mass is 345 g/mol. The van der Waals surface area contributed by atoms with Gasteiger partial charge in [0.15, 0.2) is 0 Å². The molecule has 0 bridgehead atoms. The Balaban J connectivity index is 1.99. The van der Waals surface area contributed by atoms with E-state index in [1.54, 1.807) is 6.20 Å². The fourth-order valence-electron chi connectivity index (χ4n) is 2.49. The highest BCUT2D eigenvalue weighted by Crippen LogP contribution is 2.16. The number of rotatable bonds is 8. The molecule has 1 N–H and O–H groups in total. The molecular formula is C19H24ClN3O. The second-order valence-corrected chi connectivity index (χ2v) is 6.08. The van der Waals surface area contributed by atoms with Gasteiger partial charge < -0.3 is 10.2 Å². The zero-order chi connectivity index (χ0) is 17.4. The fourth-order valence-corrected chi connectivity index (χ4v) is 2.69. The van der Waals surface area contributed by atoms with Crippen molar-refractivity contribution in [3.05, 3.63) is 58.7 Å². The molecule has 0 aliphatic carbocycles. The van der Waals surface area contributed by atoms with Gasteiger partial charge in [0.05, 0.1) is 5.56 Å². The molecule has 1 aromatic heterocycles. The first-order chi connectivity index (χ1) is 11.7. The lowest BCUT2D eigenvalue weighted by molar-refractivity contribution is 0.0755. The quantitative estimate of drug-likeness (QED) is 0.759. The number of carbonyl (C=O) groups excluding carboxylic acids is 1. The molecule has 0 saturated carbocycles. The summed E-state index contributed by atoms with van der Waals surface area (Å²) in [6.45, 7) is 6.31. The molecule has 24 heavy (non-hydrogen) atoms. The van der Waals surface area contributed by atoms with E-state index in [2.05, 4.69) is 24.1 Å². The van der Waals surface area contributed by atoms with Crippen molar-refractivity contribution < 1.29 is 4.79 Å². The second-order valence-electron chi connectivity index (χ2n) is 5.67. The molecule has 5 heteroatoms. The van der Waals surface area contributed by atoms with Crippen LogP contribution in [0.3, 0.4) is 0 Å². The van der Waals surface area contributed by atoms with Crippen LogP contribution in [0.5, 0.6) is 0 Å². The Hall–Kier alpha value is -2.07. The number of aromatic nitrogens is 1. The van der Waals surface area contributed by atoms with Crippen molar-refractivity contribution in [2.24, 2.45) is 0 Å². The number of anilines is 1. The van der Waals surface area contributed by atoms with Crippen LogP contribution in [-0.4, -0.2) is 28.9 Å². The van der Waals surface area contributed by atoms with Crippen molar-refractivity contribution in [3.63, 3.8) is 0 Å². The number of hydrogen-bond acceptors (Lipinski definition) is 3. The summed E-state index contributed by atoms with van der Waals surface area (Å²) in [6, 6.07) is 11.4. The molecule has 0 saturated heterocycles. The van der Waals surface area contributed by atoms with Crippen LogP contribution in [0.4, 0.5) is 5.82 Å². The predicted molar refractivity (Wildman–Crippen MR) is 99.5 cm³/mol. The standard InChI is InChI=1S/C19H24ClN3O/c1-3-11-23(12-4-2)19(24)16-9-10-18(22-14-16)21-13-15-7-5-6-8-17(15)20/h5-10,14H,3-4,11-13H2,1-2H3,(H,21,22). The Bertz CT molecular complexity index is 652. The minimum Gasteiger partial charge on any atom is -0.366 e. The molecule has 128 valence electrons. The number of halogens is 1. The number of carbonyl (C=O) groups is 1. The molecule has 0 radical (unpaired) electrons. The van der Waals surface area contributed by atoms with E-state index in [0.29, 0.717) is 12.1 Å². The van der Waals surface area contributed by atoms with E-state index in [1.807, 2.05) is 41.3 Å². The maximum atomic E-state index is 12.5. The van der Waals surface area contributed by atoms with Crippen molar-refractivity contribution >= 4 is 23.3 Å². The molecule has 0 spiro atoms. The largest absolute Gasteiger partial charge is 0.366 e. The average molecular weight is 346 g/mol. The van der Waals surface area contributed by atoms with Crippen LogP contribution in [0.1, 0.15) is 42.6 Å². The lowest BCUT2D eigenvalue weighted by Gasteiger charge is -2.21. The van der Waals surface area contributed by atoms with Crippen LogP contribution < -0.4 is 5.32 Å². The van der Waals surface area contributed by atoms with Crippen LogP contribution >= 0.6 is 11.6 Å². The van der Waals surface area contributed by atoms with Crippen LogP contribution in [-0.2, 0) is 6.54 Å². The first-order valence-corrected chi connectivity index (χ1v) is 8.76. The number of benzene rings is 1. The summed E-state index contributed by atoms with van der Waals surface area (Å²) in [5.74, 6) is 0.771. The Morgan fingerprint density at radius 1 is 1.12 bits per heavy atom. The lowest BCUT2D eigenvalue weighted by atomic mass is 10.2. The van der Waals surface area contributed by atoms with Gasteiger partial charge in [0, 0.05) is 30.9 Å². The minimum absolute atomic E-state index is 0.0452. The molecule has 0 aliphatic rings. The lowest BCUT2D eigenvalue weighted by Crippen LogP contribution is -2.32. The normalized spacial score (nSPS) is 10.5. The SMILES string of the molecule is CCCN(CCC)C(=O)c1ccc(NCc2ccccc2Cl)nc1. The van der Waals surface area contributed by atoms with E-state index in [4.69, 9.17) is 11.6 Å². The number of hydrogen-bond donors (Lipinski definition) is 1. The number of nitrogens with zero attached hydrogens (tertiary/aromatic N) is 2. The molecule has 0 fully saturated rings. The van der Waals surface area contributed by atoms with Gasteiger partial charge in [-0.25, -0.2) is 4.98 Å². The first-order valence-electron chi connectivity index (χ1n) is 8.38. The molecular weight excluding hydrogens is 322 g/mol. The van der Waals surface area contributed by atoms with Crippen molar-refractivity contribution in [2.45, 2.75) is 33.2 Å². The van der Waals surface area contributed by atoms with Crippen LogP contribution in [0.25, 0.3) is 0 Å². The summed E-state index contributed by atoms with van der Waals surface area (Å²) in [5, 5.41) is 3.96. The van der Waals surface area contributed by atoms with Gasteiger partial charge in [-0.15, -0.1) is 0 Å². The molecule has 1 aromatic carbocycles. The van der Waals surface area contributed by atoms with Crippen molar-refractivity contribution in [3.8, 4) is 0 Å². The minimum atomic E-state index is 0.0452. The smallest absolute Gasteiger partial charge is 0.255 e. The predicted octanol–water partition coefficient (Wildman–Crippen LogP) is 4.61. The summed E-state index contributed by atoms with van der Waals surface area (Å²) in [4.78, 5) is 18.7. The van der Waals surface area contributed by atoms with Gasteiger partial charge in [-0.3, -0.25) is 4.79 Å². The van der Waals surface area contributed by atoms with Gasteiger partial charge in [-0.05, 0) is 36.6 Å². The molecule has 4 nitrogen and oxygen atoms in total. The average Bonchev–Trinajstić information content (AvgIpc) is 2.61. The van der Waals surface area contributed by atoms with E-state index in [0.717, 1.165) is 42.3 Å². The summed E-state index contributed by atoms with van der Waals surface area (Å²) in [5.41, 5.74) is 1.64. The molecule has 1 amide bonds. The van der Waals surface area contributed by atoms with Crippen LogP contribution in [0, 0.1) is 0 Å². The maximum absolute atomic E-state index is 12.5. The zero-order valence-corrected chi connectivity index (χ0v) is 15.0. The third-order valence-electron chi connectivity index (χ3n) is 3.70. The molecule has 2 aromatic rings. The van der Waals surface area contributed by atoms with Crippen molar-refractivity contribution in [2.75, 3.05) is 18.4 Å². The zero-order valence-electron chi connectivity index (χ0n) is 14.3. The van der Waals surface area contributed by atoms with E-state index < -0.39 is 0 Å². The Morgan fingerprint density at radius 2 is 1.83 bits per heavy atom. The summed E-state index contributed by atoms with van der Waals surface area (Å²) >= 11 is 6.14. The highest BCUT2D eigenvalue weighted by atomic mass is 35.5. The van der Waals surface area contributed by atoms with Gasteiger partial charge in [0.25, 0.3) is 5.91 Å². The molecule has 0 aliphatic heterocycles. The highest BCUT2D eigenvalue weighted by molar-refractivity contribution is 6.31. The third kappa shape index (κ3) is 4.96.